The van der Waals surface area contributed by atoms with E-state index in [2.05, 4.69) is 4.98 Å². The molecule has 0 fully saturated rings. The summed E-state index contributed by atoms with van der Waals surface area (Å²) in [7, 11) is 0. The lowest BCUT2D eigenvalue weighted by Crippen LogP contribution is -2.25. The van der Waals surface area contributed by atoms with Crippen LogP contribution in [0.4, 0.5) is 5.69 Å². The number of carboxylic acids is 1. The molecule has 0 saturated carbocycles. The van der Waals surface area contributed by atoms with Crippen molar-refractivity contribution in [2.45, 2.75) is 0 Å². The number of nitrogens with one attached hydrogen (secondary N) is 2. The third-order valence-electron chi connectivity index (χ3n) is 2.81. The van der Waals surface area contributed by atoms with Crippen molar-refractivity contribution in [2.24, 2.45) is 0 Å². The number of hydrogen-bond donors (Lipinski definition) is 3. The molecular formula is C14H11N3O7. The molecule has 0 aliphatic rings. The molecule has 1 aromatic carbocycles. The lowest BCUT2D eigenvalue weighted by atomic mass is 10.2. The van der Waals surface area contributed by atoms with Gasteiger partial charge in [0.15, 0.2) is 6.61 Å². The third kappa shape index (κ3) is 4.16. The standard InChI is InChI=1S/C14H11N3O7/c18-11(19)7-24-9-4-1-8(2-5-9)3-6-10-12(17(22)23)13(20)16-14(21)15-10/h1-6H,7H2,(H,18,19)(H2,15,16,20,21)/b6-3-. The van der Waals surface area contributed by atoms with Crippen LogP contribution in [-0.2, 0) is 4.79 Å². The van der Waals surface area contributed by atoms with Crippen LogP contribution >= 0.6 is 0 Å². The normalized spacial score (nSPS) is 10.7. The van der Waals surface area contributed by atoms with Crippen molar-refractivity contribution in [3.05, 3.63) is 66.5 Å². The fourth-order valence-electron chi connectivity index (χ4n) is 1.80. The zero-order chi connectivity index (χ0) is 17.7. The molecule has 3 N–H and O–H groups in total. The first-order valence-corrected chi connectivity index (χ1v) is 6.50. The van der Waals surface area contributed by atoms with Gasteiger partial charge in [-0.15, -0.1) is 0 Å². The Morgan fingerprint density at radius 2 is 1.88 bits per heavy atom. The van der Waals surface area contributed by atoms with Crippen molar-refractivity contribution in [1.82, 2.24) is 9.97 Å². The number of rotatable bonds is 6. The first kappa shape index (κ1) is 16.7. The summed E-state index contributed by atoms with van der Waals surface area (Å²) >= 11 is 0. The highest BCUT2D eigenvalue weighted by Gasteiger charge is 2.18. The van der Waals surface area contributed by atoms with Crippen LogP contribution in [0.15, 0.2) is 33.9 Å². The Balaban J connectivity index is 2.25. The molecule has 1 aromatic heterocycles. The number of aromatic nitrogens is 2. The molecule has 0 radical (unpaired) electrons. The Morgan fingerprint density at radius 1 is 1.21 bits per heavy atom. The topological polar surface area (TPSA) is 155 Å². The van der Waals surface area contributed by atoms with E-state index in [0.29, 0.717) is 11.3 Å². The molecule has 124 valence electrons. The van der Waals surface area contributed by atoms with Gasteiger partial charge in [0.25, 0.3) is 0 Å². The highest BCUT2D eigenvalue weighted by molar-refractivity contribution is 5.72. The molecule has 1 heterocycles. The molecule has 2 rings (SSSR count). The van der Waals surface area contributed by atoms with Crippen LogP contribution < -0.4 is 16.0 Å². The van der Waals surface area contributed by atoms with Crippen molar-refractivity contribution < 1.29 is 19.6 Å². The monoisotopic (exact) mass is 333 g/mol. The van der Waals surface area contributed by atoms with Crippen molar-refractivity contribution in [3.63, 3.8) is 0 Å². The highest BCUT2D eigenvalue weighted by atomic mass is 16.6. The minimum absolute atomic E-state index is 0.236. The quantitative estimate of drug-likeness (QED) is 0.516. The third-order valence-corrected chi connectivity index (χ3v) is 2.81. The van der Waals surface area contributed by atoms with Gasteiger partial charge in [0.1, 0.15) is 11.4 Å². The molecular weight excluding hydrogens is 322 g/mol. The van der Waals surface area contributed by atoms with Crippen LogP contribution in [0.25, 0.3) is 12.2 Å². The van der Waals surface area contributed by atoms with Crippen LogP contribution in [-0.4, -0.2) is 32.6 Å². The molecule has 10 heteroatoms. The van der Waals surface area contributed by atoms with Gasteiger partial charge in [-0.25, -0.2) is 9.59 Å². The maximum Gasteiger partial charge on any atom is 0.357 e. The second-order valence-corrected chi connectivity index (χ2v) is 4.51. The van der Waals surface area contributed by atoms with Crippen LogP contribution in [0.3, 0.4) is 0 Å². The Hall–Kier alpha value is -3.69. The number of ether oxygens (including phenoxy) is 1. The number of hydrogen-bond acceptors (Lipinski definition) is 6. The number of aromatic amines is 2. The largest absolute Gasteiger partial charge is 0.482 e. The van der Waals surface area contributed by atoms with Crippen molar-refractivity contribution in [3.8, 4) is 5.75 Å². The molecule has 0 bridgehead atoms. The van der Waals surface area contributed by atoms with Gasteiger partial charge in [-0.3, -0.25) is 19.9 Å². The number of carbonyl (C=O) groups is 1. The van der Waals surface area contributed by atoms with Gasteiger partial charge < -0.3 is 14.8 Å². The van der Waals surface area contributed by atoms with E-state index in [9.17, 15) is 24.5 Å². The SMILES string of the molecule is O=C(O)COc1ccc(/C=C\c2[nH]c(=O)[nH]c(=O)c2[N+](=O)[O-])cc1. The van der Waals surface area contributed by atoms with E-state index in [-0.39, 0.29) is 5.69 Å². The van der Waals surface area contributed by atoms with Gasteiger partial charge in [0.2, 0.25) is 0 Å². The molecule has 0 aliphatic heterocycles. The molecule has 0 saturated heterocycles. The Morgan fingerprint density at radius 3 is 2.46 bits per heavy atom. The van der Waals surface area contributed by atoms with Gasteiger partial charge >= 0.3 is 22.9 Å². The molecule has 0 unspecified atom stereocenters. The van der Waals surface area contributed by atoms with Crippen LogP contribution in [0, 0.1) is 10.1 Å². The summed E-state index contributed by atoms with van der Waals surface area (Å²) in [5, 5.41) is 19.4. The van der Waals surface area contributed by atoms with E-state index in [1.54, 1.807) is 17.1 Å². The molecule has 0 aliphatic carbocycles. The summed E-state index contributed by atoms with van der Waals surface area (Å²) in [5.74, 6) is -0.769. The summed E-state index contributed by atoms with van der Waals surface area (Å²) in [6, 6.07) is 6.17. The lowest BCUT2D eigenvalue weighted by Gasteiger charge is -2.02. The lowest BCUT2D eigenvalue weighted by molar-refractivity contribution is -0.386. The average Bonchev–Trinajstić information content (AvgIpc) is 2.50. The van der Waals surface area contributed by atoms with E-state index in [0.717, 1.165) is 0 Å². The summed E-state index contributed by atoms with van der Waals surface area (Å²) in [6.45, 7) is -0.477. The Kier molecular flexibility index (Phi) is 4.90. The van der Waals surface area contributed by atoms with Crippen LogP contribution in [0.2, 0.25) is 0 Å². The summed E-state index contributed by atoms with van der Waals surface area (Å²) in [5.41, 5.74) is -2.37. The van der Waals surface area contributed by atoms with E-state index in [4.69, 9.17) is 9.84 Å². The summed E-state index contributed by atoms with van der Waals surface area (Å²) < 4.78 is 4.96. The predicted octanol–water partition coefficient (Wildman–Crippen LogP) is 0.605. The molecule has 10 nitrogen and oxygen atoms in total. The minimum Gasteiger partial charge on any atom is -0.482 e. The van der Waals surface area contributed by atoms with Crippen LogP contribution in [0.5, 0.6) is 5.75 Å². The fraction of sp³-hybridized carbons (Fsp3) is 0.0714. The minimum atomic E-state index is -1.11. The zero-order valence-corrected chi connectivity index (χ0v) is 12.0. The number of nitro groups is 1. The van der Waals surface area contributed by atoms with Gasteiger partial charge in [0, 0.05) is 0 Å². The second-order valence-electron chi connectivity index (χ2n) is 4.51. The molecule has 0 atom stereocenters. The molecule has 0 amide bonds. The summed E-state index contributed by atoms with van der Waals surface area (Å²) in [6.07, 6.45) is 2.67. The Bertz CT molecular complexity index is 909. The zero-order valence-electron chi connectivity index (χ0n) is 12.0. The maximum absolute atomic E-state index is 11.5. The van der Waals surface area contributed by atoms with E-state index in [1.807, 2.05) is 0 Å². The van der Waals surface area contributed by atoms with Gasteiger partial charge in [-0.1, -0.05) is 18.2 Å². The van der Waals surface area contributed by atoms with Gasteiger partial charge in [-0.05, 0) is 23.8 Å². The van der Waals surface area contributed by atoms with Crippen molar-refractivity contribution >= 4 is 23.8 Å². The first-order valence-electron chi connectivity index (χ1n) is 6.50. The first-order chi connectivity index (χ1) is 11.4. The average molecular weight is 333 g/mol. The molecule has 24 heavy (non-hydrogen) atoms. The Labute approximate surface area is 133 Å². The highest BCUT2D eigenvalue weighted by Crippen LogP contribution is 2.16. The predicted molar refractivity (Wildman–Crippen MR) is 82.8 cm³/mol. The van der Waals surface area contributed by atoms with E-state index >= 15 is 0 Å². The number of carboxylic acid groups (broad SMARTS) is 1. The van der Waals surface area contributed by atoms with Gasteiger partial charge in [-0.2, -0.15) is 0 Å². The number of H-pyrrole nitrogens is 2. The number of aliphatic carboxylic acids is 1. The van der Waals surface area contributed by atoms with Crippen molar-refractivity contribution in [2.75, 3.05) is 6.61 Å². The second kappa shape index (κ2) is 7.05. The maximum atomic E-state index is 11.5. The smallest absolute Gasteiger partial charge is 0.357 e. The summed E-state index contributed by atoms with van der Waals surface area (Å²) in [4.78, 5) is 47.1. The number of benzene rings is 1. The fourth-order valence-corrected chi connectivity index (χ4v) is 1.80. The van der Waals surface area contributed by atoms with Crippen molar-refractivity contribution in [1.29, 1.82) is 0 Å². The number of nitrogens with zero attached hydrogens (tertiary/aromatic N) is 1. The van der Waals surface area contributed by atoms with Gasteiger partial charge in [0.05, 0.1) is 4.92 Å². The van der Waals surface area contributed by atoms with E-state index < -0.39 is 34.4 Å². The molecule has 0 spiro atoms. The van der Waals surface area contributed by atoms with E-state index in [1.165, 1.54) is 24.3 Å². The molecule has 2 aromatic rings. The van der Waals surface area contributed by atoms with Crippen LogP contribution in [0.1, 0.15) is 11.3 Å².